The van der Waals surface area contributed by atoms with E-state index < -0.39 is 0 Å². The number of pyridine rings is 1. The molecule has 2 saturated carbocycles. The lowest BCUT2D eigenvalue weighted by molar-refractivity contribution is 0.0271. The minimum atomic E-state index is -0.281. The van der Waals surface area contributed by atoms with Crippen LogP contribution in [0.4, 0.5) is 5.69 Å². The number of carbonyl (C=O) groups excluding carboxylic acids is 1. The summed E-state index contributed by atoms with van der Waals surface area (Å²) >= 11 is 0. The van der Waals surface area contributed by atoms with Gasteiger partial charge in [-0.2, -0.15) is 0 Å². The van der Waals surface area contributed by atoms with E-state index in [0.717, 1.165) is 41.6 Å². The Labute approximate surface area is 147 Å². The average Bonchev–Trinajstić information content (AvgIpc) is 3.39. The van der Waals surface area contributed by atoms with E-state index in [1.54, 1.807) is 6.20 Å². The zero-order chi connectivity index (χ0) is 16.8. The number of hydrogen-bond donors (Lipinski definition) is 1. The molecule has 2 bridgehead atoms. The van der Waals surface area contributed by atoms with Gasteiger partial charge in [-0.3, -0.25) is 4.98 Å². The highest BCUT2D eigenvalue weighted by atomic mass is 16.6. The molecule has 2 heterocycles. The second kappa shape index (κ2) is 6.13. The van der Waals surface area contributed by atoms with Crippen molar-refractivity contribution in [3.05, 3.63) is 29.1 Å². The van der Waals surface area contributed by atoms with Crippen LogP contribution >= 0.6 is 0 Å². The van der Waals surface area contributed by atoms with E-state index >= 15 is 0 Å². The van der Waals surface area contributed by atoms with Gasteiger partial charge in [-0.15, -0.1) is 0 Å². The maximum Gasteiger partial charge on any atom is 0.342 e. The van der Waals surface area contributed by atoms with E-state index in [9.17, 15) is 4.79 Å². The predicted octanol–water partition coefficient (Wildman–Crippen LogP) is 3.20. The van der Waals surface area contributed by atoms with Crippen LogP contribution in [0.1, 0.15) is 53.7 Å². The van der Waals surface area contributed by atoms with Crippen LogP contribution in [0.15, 0.2) is 12.3 Å². The Kier molecular flexibility index (Phi) is 3.77. The fraction of sp³-hybridized carbons (Fsp3) is 0.600. The largest absolute Gasteiger partial charge is 0.456 e. The SMILES string of the molecule is O=C(O[C@H]1CCOC1)c1cnc2c(c1N[C@H]1C[C@H]3CC[C@@H]1C3)C=CC2. The monoisotopic (exact) mass is 340 g/mol. The van der Waals surface area contributed by atoms with Crippen LogP contribution in [-0.4, -0.2) is 36.3 Å². The van der Waals surface area contributed by atoms with Gasteiger partial charge in [-0.25, -0.2) is 4.79 Å². The third kappa shape index (κ3) is 2.74. The number of nitrogens with zero attached hydrogens (tertiary/aromatic N) is 1. The van der Waals surface area contributed by atoms with Gasteiger partial charge in [0.2, 0.25) is 0 Å². The molecule has 3 aliphatic carbocycles. The molecule has 5 heteroatoms. The van der Waals surface area contributed by atoms with Crippen molar-refractivity contribution in [3.63, 3.8) is 0 Å². The van der Waals surface area contributed by atoms with Gasteiger partial charge >= 0.3 is 5.97 Å². The normalized spacial score (nSPS) is 32.2. The quantitative estimate of drug-likeness (QED) is 0.853. The van der Waals surface area contributed by atoms with Crippen molar-refractivity contribution in [3.8, 4) is 0 Å². The number of allylic oxidation sites excluding steroid dienone is 1. The number of aromatic nitrogens is 1. The summed E-state index contributed by atoms with van der Waals surface area (Å²) in [7, 11) is 0. The summed E-state index contributed by atoms with van der Waals surface area (Å²) in [6.07, 6.45) is 12.6. The molecular formula is C20H24N2O3. The molecule has 1 aromatic heterocycles. The van der Waals surface area contributed by atoms with Crippen LogP contribution in [0.3, 0.4) is 0 Å². The molecule has 0 radical (unpaired) electrons. The van der Waals surface area contributed by atoms with Gasteiger partial charge in [0.15, 0.2) is 0 Å². The van der Waals surface area contributed by atoms with E-state index in [1.807, 2.05) is 0 Å². The molecule has 1 aliphatic heterocycles. The average molecular weight is 340 g/mol. The molecular weight excluding hydrogens is 316 g/mol. The first-order valence-electron chi connectivity index (χ1n) is 9.51. The van der Waals surface area contributed by atoms with Crippen LogP contribution in [0.5, 0.6) is 0 Å². The number of esters is 1. The Morgan fingerprint density at radius 2 is 2.24 bits per heavy atom. The molecule has 0 unspecified atom stereocenters. The second-order valence-corrected chi connectivity index (χ2v) is 7.83. The summed E-state index contributed by atoms with van der Waals surface area (Å²) in [5, 5.41) is 3.72. The number of hydrogen-bond acceptors (Lipinski definition) is 5. The first-order chi connectivity index (χ1) is 12.3. The fourth-order valence-corrected chi connectivity index (χ4v) is 4.93. The second-order valence-electron chi connectivity index (χ2n) is 7.83. The van der Waals surface area contributed by atoms with Gasteiger partial charge in [-0.1, -0.05) is 18.6 Å². The minimum absolute atomic E-state index is 0.133. The summed E-state index contributed by atoms with van der Waals surface area (Å²) in [4.78, 5) is 17.3. The predicted molar refractivity (Wildman–Crippen MR) is 94.5 cm³/mol. The molecule has 4 aliphatic rings. The van der Waals surface area contributed by atoms with Gasteiger partial charge in [0.1, 0.15) is 11.7 Å². The lowest BCUT2D eigenvalue weighted by Gasteiger charge is -2.26. The Morgan fingerprint density at radius 1 is 1.28 bits per heavy atom. The smallest absolute Gasteiger partial charge is 0.342 e. The van der Waals surface area contributed by atoms with Crippen LogP contribution in [0.2, 0.25) is 0 Å². The maximum atomic E-state index is 12.8. The number of fused-ring (bicyclic) bond motifs is 3. The Morgan fingerprint density at radius 3 is 3.00 bits per heavy atom. The summed E-state index contributed by atoms with van der Waals surface area (Å²) in [5.74, 6) is 1.32. The van der Waals surface area contributed by atoms with E-state index in [2.05, 4.69) is 22.5 Å². The first kappa shape index (κ1) is 15.4. The number of nitrogens with one attached hydrogen (secondary N) is 1. The molecule has 1 aromatic rings. The third-order valence-corrected chi connectivity index (χ3v) is 6.24. The molecule has 3 fully saturated rings. The molecule has 1 N–H and O–H groups in total. The van der Waals surface area contributed by atoms with Crippen LogP contribution < -0.4 is 5.32 Å². The fourth-order valence-electron chi connectivity index (χ4n) is 4.93. The Hall–Kier alpha value is -1.88. The van der Waals surface area contributed by atoms with Gasteiger partial charge in [0.05, 0.1) is 24.6 Å². The van der Waals surface area contributed by atoms with Crippen molar-refractivity contribution >= 4 is 17.7 Å². The lowest BCUT2D eigenvalue weighted by Crippen LogP contribution is -2.28. The maximum absolute atomic E-state index is 12.8. The van der Waals surface area contributed by atoms with E-state index in [4.69, 9.17) is 9.47 Å². The third-order valence-electron chi connectivity index (χ3n) is 6.24. The number of carbonyl (C=O) groups is 1. The van der Waals surface area contributed by atoms with Crippen molar-refractivity contribution in [2.45, 2.75) is 50.7 Å². The zero-order valence-electron chi connectivity index (χ0n) is 14.4. The highest BCUT2D eigenvalue weighted by Crippen LogP contribution is 2.46. The highest BCUT2D eigenvalue weighted by Gasteiger charge is 2.40. The molecule has 0 aromatic carbocycles. The number of rotatable bonds is 4. The van der Waals surface area contributed by atoms with E-state index in [1.165, 1.54) is 25.7 Å². The van der Waals surface area contributed by atoms with Crippen molar-refractivity contribution in [2.75, 3.05) is 18.5 Å². The molecule has 132 valence electrons. The van der Waals surface area contributed by atoms with E-state index in [0.29, 0.717) is 24.8 Å². The highest BCUT2D eigenvalue weighted by molar-refractivity contribution is 5.98. The number of ether oxygens (including phenoxy) is 2. The van der Waals surface area contributed by atoms with Gasteiger partial charge in [0, 0.05) is 30.6 Å². The topological polar surface area (TPSA) is 60.5 Å². The molecule has 0 spiro atoms. The van der Waals surface area contributed by atoms with Crippen molar-refractivity contribution in [2.24, 2.45) is 11.8 Å². The van der Waals surface area contributed by atoms with E-state index in [-0.39, 0.29) is 12.1 Å². The Balaban J connectivity index is 1.43. The zero-order valence-corrected chi connectivity index (χ0v) is 14.4. The van der Waals surface area contributed by atoms with Crippen LogP contribution in [0, 0.1) is 11.8 Å². The summed E-state index contributed by atoms with van der Waals surface area (Å²) < 4.78 is 11.0. The van der Waals surface area contributed by atoms with Gasteiger partial charge < -0.3 is 14.8 Å². The van der Waals surface area contributed by atoms with Crippen molar-refractivity contribution < 1.29 is 14.3 Å². The molecule has 5 nitrogen and oxygen atoms in total. The van der Waals surface area contributed by atoms with Crippen LogP contribution in [0.25, 0.3) is 6.08 Å². The van der Waals surface area contributed by atoms with Crippen LogP contribution in [-0.2, 0) is 15.9 Å². The summed E-state index contributed by atoms with van der Waals surface area (Å²) in [6.45, 7) is 1.17. The molecule has 0 amide bonds. The molecule has 25 heavy (non-hydrogen) atoms. The van der Waals surface area contributed by atoms with Crippen molar-refractivity contribution in [1.82, 2.24) is 4.98 Å². The Bertz CT molecular complexity index is 724. The summed E-state index contributed by atoms with van der Waals surface area (Å²) in [5.41, 5.74) is 3.62. The molecule has 1 saturated heterocycles. The first-order valence-corrected chi connectivity index (χ1v) is 9.51. The number of anilines is 1. The van der Waals surface area contributed by atoms with Crippen molar-refractivity contribution in [1.29, 1.82) is 0 Å². The standard InChI is InChI=1S/C20H24N2O3/c23-20(25-14-6-7-24-11-14)16-10-21-17-3-1-2-15(17)19(16)22-18-9-12-4-5-13(18)8-12/h1-2,10,12-14,18H,3-9,11H2,(H,21,22)/t12-,13+,14-,18-/m0/s1. The molecule has 5 rings (SSSR count). The lowest BCUT2D eigenvalue weighted by atomic mass is 9.94. The van der Waals surface area contributed by atoms with Gasteiger partial charge in [0.25, 0.3) is 0 Å². The summed E-state index contributed by atoms with van der Waals surface area (Å²) in [6, 6.07) is 0.473. The minimum Gasteiger partial charge on any atom is -0.456 e. The molecule has 4 atom stereocenters. The van der Waals surface area contributed by atoms with Gasteiger partial charge in [-0.05, 0) is 31.1 Å².